The average Bonchev–Trinajstić information content (AvgIpc) is 2.49. The van der Waals surface area contributed by atoms with E-state index in [1.165, 1.54) is 0 Å². The largest absolute Gasteiger partial charge is 0.467 e. The molecule has 0 bridgehead atoms. The first kappa shape index (κ1) is 18.8. The molecule has 1 aromatic carbocycles. The second kappa shape index (κ2) is 8.43. The van der Waals surface area contributed by atoms with Crippen LogP contribution in [0, 0.1) is 0 Å². The van der Waals surface area contributed by atoms with Gasteiger partial charge in [0.15, 0.2) is 6.10 Å². The first-order valence-electron chi connectivity index (χ1n) is 6.05. The van der Waals surface area contributed by atoms with E-state index in [4.69, 9.17) is 39.5 Å². The molecule has 0 spiro atoms. The van der Waals surface area contributed by atoms with Crippen molar-refractivity contribution >= 4 is 46.9 Å². The fraction of sp³-hybridized carbons (Fsp3) is 0.385. The number of carbonyl (C=O) groups excluding carboxylic acids is 2. The number of aliphatic hydroxyl groups excluding tert-OH is 1. The van der Waals surface area contributed by atoms with E-state index in [2.05, 4.69) is 10.1 Å². The van der Waals surface area contributed by atoms with E-state index in [9.17, 15) is 14.7 Å². The smallest absolute Gasteiger partial charge is 0.407 e. The highest BCUT2D eigenvalue weighted by atomic mass is 35.6. The van der Waals surface area contributed by atoms with E-state index in [1.54, 1.807) is 30.3 Å². The van der Waals surface area contributed by atoms with E-state index >= 15 is 0 Å². The number of benzene rings is 1. The third kappa shape index (κ3) is 6.27. The van der Waals surface area contributed by atoms with E-state index in [0.717, 1.165) is 7.11 Å². The number of carbonyl (C=O) groups is 2. The summed E-state index contributed by atoms with van der Waals surface area (Å²) in [6, 6.07) is 7.27. The molecular weight excluding hydrogens is 357 g/mol. The fourth-order valence-corrected chi connectivity index (χ4v) is 1.74. The van der Waals surface area contributed by atoms with Gasteiger partial charge in [-0.15, -0.1) is 0 Å². The van der Waals surface area contributed by atoms with E-state index in [-0.39, 0.29) is 0 Å². The van der Waals surface area contributed by atoms with E-state index in [1.807, 2.05) is 0 Å². The molecule has 22 heavy (non-hydrogen) atoms. The molecule has 0 aromatic heterocycles. The summed E-state index contributed by atoms with van der Waals surface area (Å²) in [5.74, 6) is -0.907. The van der Waals surface area contributed by atoms with Crippen LogP contribution in [0.25, 0.3) is 0 Å². The number of methoxy groups -OCH3 is 1. The van der Waals surface area contributed by atoms with Gasteiger partial charge in [-0.1, -0.05) is 65.1 Å². The lowest BCUT2D eigenvalue weighted by Crippen LogP contribution is -2.41. The quantitative estimate of drug-likeness (QED) is 0.614. The Morgan fingerprint density at radius 3 is 2.36 bits per heavy atom. The summed E-state index contributed by atoms with van der Waals surface area (Å²) in [4.78, 5) is 23.2. The first-order chi connectivity index (χ1) is 10.2. The normalized spacial score (nSPS) is 13.9. The molecule has 1 aromatic rings. The standard InChI is InChI=1S/C13H14Cl3NO5/c1-21-11(19)10(18)9(8-5-3-2-4-6-8)17-12(20)22-7-13(14,15)16/h2-6,9-10,18H,7H2,1H3,(H,17,20)/t9-,10+/m0/s1. The van der Waals surface area contributed by atoms with E-state index in [0.29, 0.717) is 5.56 Å². The third-order valence-corrected chi connectivity index (χ3v) is 2.88. The number of hydrogen-bond donors (Lipinski definition) is 2. The number of alkyl carbamates (subject to hydrolysis) is 1. The number of nitrogens with one attached hydrogen (secondary N) is 1. The second-order valence-electron chi connectivity index (χ2n) is 4.19. The van der Waals surface area contributed by atoms with Gasteiger partial charge in [-0.25, -0.2) is 9.59 Å². The molecule has 0 unspecified atom stereocenters. The molecule has 6 nitrogen and oxygen atoms in total. The van der Waals surface area contributed by atoms with E-state index < -0.39 is 34.6 Å². The minimum atomic E-state index is -1.76. The molecule has 1 rings (SSSR count). The van der Waals surface area contributed by atoms with Gasteiger partial charge in [0.05, 0.1) is 13.2 Å². The van der Waals surface area contributed by atoms with Crippen molar-refractivity contribution in [2.45, 2.75) is 15.9 Å². The summed E-state index contributed by atoms with van der Waals surface area (Å²) in [6.07, 6.45) is -2.57. The van der Waals surface area contributed by atoms with Crippen LogP contribution in [0.1, 0.15) is 11.6 Å². The molecule has 122 valence electrons. The van der Waals surface area contributed by atoms with Crippen molar-refractivity contribution in [3.8, 4) is 0 Å². The van der Waals surface area contributed by atoms with Crippen LogP contribution in [0.3, 0.4) is 0 Å². The Balaban J connectivity index is 2.83. The van der Waals surface area contributed by atoms with Crippen LogP contribution in [-0.2, 0) is 14.3 Å². The van der Waals surface area contributed by atoms with Crippen LogP contribution >= 0.6 is 34.8 Å². The first-order valence-corrected chi connectivity index (χ1v) is 7.19. The summed E-state index contributed by atoms with van der Waals surface area (Å²) in [6.45, 7) is -0.487. The van der Waals surface area contributed by atoms with Crippen LogP contribution in [0.15, 0.2) is 30.3 Å². The fourth-order valence-electron chi connectivity index (χ4n) is 1.58. The average molecular weight is 371 g/mol. The molecule has 9 heteroatoms. The van der Waals surface area contributed by atoms with Crippen LogP contribution in [-0.4, -0.2) is 40.8 Å². The highest BCUT2D eigenvalue weighted by Crippen LogP contribution is 2.26. The molecule has 0 aliphatic rings. The van der Waals surface area contributed by atoms with Gasteiger partial charge < -0.3 is 19.9 Å². The highest BCUT2D eigenvalue weighted by molar-refractivity contribution is 6.67. The number of aliphatic hydroxyl groups is 1. The number of amides is 1. The van der Waals surface area contributed by atoms with Crippen molar-refractivity contribution in [2.75, 3.05) is 13.7 Å². The van der Waals surface area contributed by atoms with Gasteiger partial charge in [-0.3, -0.25) is 0 Å². The molecule has 0 saturated carbocycles. The van der Waals surface area contributed by atoms with Crippen molar-refractivity contribution in [1.29, 1.82) is 0 Å². The van der Waals surface area contributed by atoms with Crippen LogP contribution < -0.4 is 5.32 Å². The molecule has 1 amide bonds. The molecule has 2 N–H and O–H groups in total. The number of alkyl halides is 3. The number of esters is 1. The Kier molecular flexibility index (Phi) is 7.22. The number of halogens is 3. The SMILES string of the molecule is COC(=O)[C@H](O)[C@@H](NC(=O)OCC(Cl)(Cl)Cl)c1ccccc1. The predicted octanol–water partition coefficient (Wildman–Crippen LogP) is 2.36. The maximum Gasteiger partial charge on any atom is 0.407 e. The van der Waals surface area contributed by atoms with Crippen molar-refractivity contribution in [3.05, 3.63) is 35.9 Å². The molecule has 2 atom stereocenters. The molecule has 0 radical (unpaired) electrons. The van der Waals surface area contributed by atoms with Gasteiger partial charge in [0.2, 0.25) is 3.79 Å². The Labute approximate surface area is 142 Å². The zero-order valence-electron chi connectivity index (χ0n) is 11.5. The third-order valence-electron chi connectivity index (χ3n) is 2.56. The summed E-state index contributed by atoms with van der Waals surface area (Å²) < 4.78 is 7.42. The zero-order valence-corrected chi connectivity index (χ0v) is 13.7. The van der Waals surface area contributed by atoms with Gasteiger partial charge in [-0.2, -0.15) is 0 Å². The van der Waals surface area contributed by atoms with Crippen LogP contribution in [0.4, 0.5) is 4.79 Å². The summed E-state index contributed by atoms with van der Waals surface area (Å²) >= 11 is 16.4. The lowest BCUT2D eigenvalue weighted by molar-refractivity contribution is -0.152. The lowest BCUT2D eigenvalue weighted by atomic mass is 10.0. The van der Waals surface area contributed by atoms with Gasteiger partial charge in [-0.05, 0) is 5.56 Å². The van der Waals surface area contributed by atoms with Crippen molar-refractivity contribution in [2.24, 2.45) is 0 Å². The minimum Gasteiger partial charge on any atom is -0.467 e. The number of rotatable bonds is 5. The van der Waals surface area contributed by atoms with Crippen LogP contribution in [0.5, 0.6) is 0 Å². The Hall–Kier alpha value is -1.21. The van der Waals surface area contributed by atoms with Crippen molar-refractivity contribution in [3.63, 3.8) is 0 Å². The summed E-state index contributed by atoms with van der Waals surface area (Å²) in [5, 5.41) is 12.3. The minimum absolute atomic E-state index is 0.478. The molecule has 0 aliphatic heterocycles. The summed E-state index contributed by atoms with van der Waals surface area (Å²) in [7, 11) is 1.12. The molecular formula is C13H14Cl3NO5. The van der Waals surface area contributed by atoms with Gasteiger partial charge >= 0.3 is 12.1 Å². The molecule has 0 fully saturated rings. The monoisotopic (exact) mass is 369 g/mol. The maximum atomic E-state index is 11.7. The van der Waals surface area contributed by atoms with Crippen LogP contribution in [0.2, 0.25) is 0 Å². The van der Waals surface area contributed by atoms with Gasteiger partial charge in [0.25, 0.3) is 0 Å². The van der Waals surface area contributed by atoms with Crippen molar-refractivity contribution < 1.29 is 24.2 Å². The lowest BCUT2D eigenvalue weighted by Gasteiger charge is -2.23. The molecule has 0 saturated heterocycles. The molecule has 0 heterocycles. The predicted molar refractivity (Wildman–Crippen MR) is 82.0 cm³/mol. The Bertz CT molecular complexity index is 506. The zero-order chi connectivity index (χ0) is 16.8. The van der Waals surface area contributed by atoms with Gasteiger partial charge in [0, 0.05) is 0 Å². The number of ether oxygens (including phenoxy) is 2. The highest BCUT2D eigenvalue weighted by Gasteiger charge is 2.31. The topological polar surface area (TPSA) is 84.9 Å². The number of hydrogen-bond acceptors (Lipinski definition) is 5. The Morgan fingerprint density at radius 1 is 1.27 bits per heavy atom. The molecule has 0 aliphatic carbocycles. The second-order valence-corrected chi connectivity index (χ2v) is 6.71. The van der Waals surface area contributed by atoms with Crippen molar-refractivity contribution in [1.82, 2.24) is 5.32 Å². The summed E-state index contributed by atoms with van der Waals surface area (Å²) in [5.41, 5.74) is 0.478. The maximum absolute atomic E-state index is 11.7. The Morgan fingerprint density at radius 2 is 1.86 bits per heavy atom. The van der Waals surface area contributed by atoms with Gasteiger partial charge in [0.1, 0.15) is 6.61 Å².